The van der Waals surface area contributed by atoms with Gasteiger partial charge in [-0.2, -0.15) is 0 Å². The van der Waals surface area contributed by atoms with Crippen molar-refractivity contribution in [1.82, 2.24) is 0 Å². The normalized spacial score (nSPS) is 27.9. The van der Waals surface area contributed by atoms with Crippen LogP contribution in [0.2, 0.25) is 0 Å². The summed E-state index contributed by atoms with van der Waals surface area (Å²) in [6.07, 6.45) is 0.168. The zero-order valence-corrected chi connectivity index (χ0v) is 12.7. The third-order valence-corrected chi connectivity index (χ3v) is 5.25. The molecule has 0 saturated heterocycles. The number of aliphatic hydroxyl groups is 1. The van der Waals surface area contributed by atoms with Gasteiger partial charge in [0.1, 0.15) is 11.5 Å². The van der Waals surface area contributed by atoms with Gasteiger partial charge in [0, 0.05) is 24.0 Å². The predicted octanol–water partition coefficient (Wildman–Crippen LogP) is 2.02. The van der Waals surface area contributed by atoms with Gasteiger partial charge in [0.2, 0.25) is 0 Å². The van der Waals surface area contributed by atoms with Crippen LogP contribution < -0.4 is 0 Å². The largest absolute Gasteiger partial charge is 0.508 e. The highest BCUT2D eigenvalue weighted by Gasteiger charge is 2.50. The monoisotopic (exact) mass is 330 g/mol. The van der Waals surface area contributed by atoms with E-state index in [1.165, 1.54) is 18.2 Å². The third kappa shape index (κ3) is 2.14. The van der Waals surface area contributed by atoms with E-state index in [0.717, 1.165) is 12.0 Å². The molecule has 1 saturated carbocycles. The molecule has 0 aromatic heterocycles. The molecule has 2 aliphatic carbocycles. The van der Waals surface area contributed by atoms with Crippen LogP contribution in [0.25, 0.3) is 0 Å². The lowest BCUT2D eigenvalue weighted by Crippen LogP contribution is -2.22. The van der Waals surface area contributed by atoms with Gasteiger partial charge in [0.15, 0.2) is 17.2 Å². The van der Waals surface area contributed by atoms with Gasteiger partial charge in [0.05, 0.1) is 6.10 Å². The zero-order chi connectivity index (χ0) is 17.2. The molecule has 0 bridgehead atoms. The summed E-state index contributed by atoms with van der Waals surface area (Å²) >= 11 is 0. The van der Waals surface area contributed by atoms with E-state index in [1.54, 1.807) is 6.07 Å². The molecule has 0 heterocycles. The molecule has 0 aliphatic heterocycles. The molecule has 0 spiro atoms. The van der Waals surface area contributed by atoms with Crippen molar-refractivity contribution in [3.05, 3.63) is 41.0 Å². The van der Waals surface area contributed by atoms with Crippen molar-refractivity contribution < 1.29 is 30.6 Å². The maximum atomic E-state index is 10.7. The van der Waals surface area contributed by atoms with Crippen LogP contribution in [0.3, 0.4) is 0 Å². The number of phenolic OH excluding ortho intramolecular Hbond substituents is 5. The average Bonchev–Trinajstić information content (AvgIpc) is 3.27. The van der Waals surface area contributed by atoms with E-state index in [0.29, 0.717) is 11.1 Å². The molecule has 4 rings (SSSR count). The lowest BCUT2D eigenvalue weighted by molar-refractivity contribution is 0.134. The van der Waals surface area contributed by atoms with Crippen LogP contribution in [-0.2, 0) is 6.42 Å². The van der Waals surface area contributed by atoms with Gasteiger partial charge in [0.25, 0.3) is 0 Å². The van der Waals surface area contributed by atoms with E-state index in [1.807, 2.05) is 0 Å². The Morgan fingerprint density at radius 1 is 0.833 bits per heavy atom. The van der Waals surface area contributed by atoms with Crippen LogP contribution in [0.1, 0.15) is 34.9 Å². The van der Waals surface area contributed by atoms with Crippen molar-refractivity contribution in [2.75, 3.05) is 0 Å². The number of phenols is 5. The van der Waals surface area contributed by atoms with Crippen LogP contribution in [-0.4, -0.2) is 36.7 Å². The Hall–Kier alpha value is -2.60. The fourth-order valence-electron chi connectivity index (χ4n) is 4.09. The van der Waals surface area contributed by atoms with E-state index >= 15 is 0 Å². The van der Waals surface area contributed by atoms with Gasteiger partial charge in [-0.25, -0.2) is 0 Å². The minimum absolute atomic E-state index is 0.00948. The fraction of sp³-hybridized carbons (Fsp3) is 0.333. The van der Waals surface area contributed by atoms with Crippen LogP contribution in [0.15, 0.2) is 24.3 Å². The number of hydrogen-bond acceptors (Lipinski definition) is 6. The maximum absolute atomic E-state index is 10.7. The fourth-order valence-corrected chi connectivity index (χ4v) is 4.09. The summed E-state index contributed by atoms with van der Waals surface area (Å²) in [5.74, 6) is -1.67. The van der Waals surface area contributed by atoms with E-state index < -0.39 is 23.4 Å². The highest BCUT2D eigenvalue weighted by molar-refractivity contribution is 5.55. The molecule has 6 N–H and O–H groups in total. The first-order valence-electron chi connectivity index (χ1n) is 7.84. The Labute approximate surface area is 137 Å². The summed E-state index contributed by atoms with van der Waals surface area (Å²) in [7, 11) is 0. The molecule has 24 heavy (non-hydrogen) atoms. The topological polar surface area (TPSA) is 121 Å². The molecule has 4 unspecified atom stereocenters. The molecule has 4 atom stereocenters. The van der Waals surface area contributed by atoms with Crippen molar-refractivity contribution in [2.24, 2.45) is 5.92 Å². The summed E-state index contributed by atoms with van der Waals surface area (Å²) in [6.45, 7) is 0. The number of benzene rings is 2. The van der Waals surface area contributed by atoms with E-state index in [4.69, 9.17) is 0 Å². The quantitative estimate of drug-likeness (QED) is 0.445. The minimum Gasteiger partial charge on any atom is -0.508 e. The van der Waals surface area contributed by atoms with Gasteiger partial charge in [-0.1, -0.05) is 0 Å². The van der Waals surface area contributed by atoms with E-state index in [-0.39, 0.29) is 35.7 Å². The molecule has 1 fully saturated rings. The zero-order valence-electron chi connectivity index (χ0n) is 12.7. The van der Waals surface area contributed by atoms with Crippen LogP contribution in [0.4, 0.5) is 0 Å². The van der Waals surface area contributed by atoms with Crippen molar-refractivity contribution in [1.29, 1.82) is 0 Å². The van der Waals surface area contributed by atoms with Gasteiger partial charge in [-0.3, -0.25) is 0 Å². The second-order valence-electron chi connectivity index (χ2n) is 6.74. The molecule has 6 heteroatoms. The first kappa shape index (κ1) is 15.0. The highest BCUT2D eigenvalue weighted by Crippen LogP contribution is 2.61. The Balaban J connectivity index is 1.78. The minimum atomic E-state index is -0.819. The predicted molar refractivity (Wildman–Crippen MR) is 84.5 cm³/mol. The smallest absolute Gasteiger partial charge is 0.200 e. The van der Waals surface area contributed by atoms with Gasteiger partial charge in [-0.05, 0) is 47.6 Å². The Morgan fingerprint density at radius 2 is 1.50 bits per heavy atom. The van der Waals surface area contributed by atoms with Crippen LogP contribution in [0.5, 0.6) is 28.7 Å². The molecule has 6 nitrogen and oxygen atoms in total. The van der Waals surface area contributed by atoms with Crippen LogP contribution in [0, 0.1) is 5.92 Å². The summed E-state index contributed by atoms with van der Waals surface area (Å²) < 4.78 is 0. The molecular formula is C18H18O6. The molecule has 2 aromatic rings. The Morgan fingerprint density at radius 3 is 2.17 bits per heavy atom. The van der Waals surface area contributed by atoms with Gasteiger partial charge in [-0.15, -0.1) is 0 Å². The first-order chi connectivity index (χ1) is 11.4. The number of rotatable bonds is 1. The molecule has 0 radical (unpaired) electrons. The number of aliphatic hydroxyl groups excluding tert-OH is 1. The maximum Gasteiger partial charge on any atom is 0.200 e. The van der Waals surface area contributed by atoms with Crippen molar-refractivity contribution in [2.45, 2.75) is 30.8 Å². The third-order valence-electron chi connectivity index (χ3n) is 5.25. The molecular weight excluding hydrogens is 312 g/mol. The second-order valence-corrected chi connectivity index (χ2v) is 6.74. The number of fused-ring (bicyclic) bond motifs is 3. The lowest BCUT2D eigenvalue weighted by atomic mass is 9.86. The SMILES string of the molecule is Oc1cc(O)c2c(c1)C1CC1C(c1cc(O)c(O)c(O)c1)C(O)C2. The van der Waals surface area contributed by atoms with Crippen molar-refractivity contribution >= 4 is 0 Å². The molecule has 126 valence electrons. The highest BCUT2D eigenvalue weighted by atomic mass is 16.3. The number of hydrogen-bond donors (Lipinski definition) is 6. The molecule has 2 aliphatic rings. The summed E-state index contributed by atoms with van der Waals surface area (Å²) in [5, 5.41) is 59.6. The van der Waals surface area contributed by atoms with E-state index in [2.05, 4.69) is 0 Å². The summed E-state index contributed by atoms with van der Waals surface area (Å²) in [5.41, 5.74) is 2.01. The Kier molecular flexibility index (Phi) is 3.08. The standard InChI is InChI=1S/C18H18O6/c19-8-3-9-10-5-12(10)17(14(21)6-11(9)13(20)4-8)7-1-15(22)18(24)16(23)2-7/h1-4,10,12,14,17,19-24H,5-6H2. The molecule has 0 amide bonds. The summed E-state index contributed by atoms with van der Waals surface area (Å²) in [6, 6.07) is 5.60. The summed E-state index contributed by atoms with van der Waals surface area (Å²) in [4.78, 5) is 0. The van der Waals surface area contributed by atoms with Crippen molar-refractivity contribution in [3.63, 3.8) is 0 Å². The average molecular weight is 330 g/mol. The van der Waals surface area contributed by atoms with Gasteiger partial charge >= 0.3 is 0 Å². The second kappa shape index (κ2) is 4.95. The van der Waals surface area contributed by atoms with Gasteiger partial charge < -0.3 is 30.6 Å². The molecule has 2 aromatic carbocycles. The van der Waals surface area contributed by atoms with E-state index in [9.17, 15) is 30.6 Å². The van der Waals surface area contributed by atoms with Crippen molar-refractivity contribution in [3.8, 4) is 28.7 Å². The van der Waals surface area contributed by atoms with Crippen LogP contribution >= 0.6 is 0 Å². The first-order valence-corrected chi connectivity index (χ1v) is 7.84. The lowest BCUT2D eigenvalue weighted by Gasteiger charge is -2.23. The number of aromatic hydroxyl groups is 5. The Bertz CT molecular complexity index is 807.